The van der Waals surface area contributed by atoms with Crippen LogP contribution in [0.25, 0.3) is 0 Å². The average Bonchev–Trinajstić information content (AvgIpc) is 2.25. The molecule has 0 amide bonds. The molecule has 1 aliphatic heterocycles. The van der Waals surface area contributed by atoms with Crippen LogP contribution < -0.4 is 0 Å². The predicted octanol–water partition coefficient (Wildman–Crippen LogP) is 2.42. The van der Waals surface area contributed by atoms with Gasteiger partial charge < -0.3 is 9.80 Å². The van der Waals surface area contributed by atoms with Gasteiger partial charge in [-0.15, -0.1) is 11.6 Å². The number of hydrogen-bond donors (Lipinski definition) is 0. The fraction of sp³-hybridized carbons (Fsp3) is 1.00. The number of nitrogens with zero attached hydrogens (tertiary/aromatic N) is 2. The van der Waals surface area contributed by atoms with Crippen molar-refractivity contribution in [1.82, 2.24) is 9.80 Å². The van der Waals surface area contributed by atoms with Crippen LogP contribution in [0.1, 0.15) is 32.1 Å². The van der Waals surface area contributed by atoms with E-state index in [2.05, 4.69) is 23.9 Å². The Morgan fingerprint density at radius 2 is 1.87 bits per heavy atom. The monoisotopic (exact) mass is 232 g/mol. The predicted molar refractivity (Wildman–Crippen MR) is 67.7 cm³/mol. The number of alkyl halides is 1. The van der Waals surface area contributed by atoms with Crippen molar-refractivity contribution in [2.45, 2.75) is 38.1 Å². The molecule has 3 heteroatoms. The Balaban J connectivity index is 2.08. The van der Waals surface area contributed by atoms with Crippen molar-refractivity contribution in [2.75, 3.05) is 39.6 Å². The lowest BCUT2D eigenvalue weighted by Crippen LogP contribution is -2.42. The van der Waals surface area contributed by atoms with E-state index >= 15 is 0 Å². The van der Waals surface area contributed by atoms with Crippen molar-refractivity contribution in [3.8, 4) is 0 Å². The summed E-state index contributed by atoms with van der Waals surface area (Å²) in [4.78, 5) is 4.97. The van der Waals surface area contributed by atoms with Crippen LogP contribution in [0.2, 0.25) is 0 Å². The SMILES string of the molecule is CN1CCC(N(C)CCCCCCl)CC1. The van der Waals surface area contributed by atoms with Crippen LogP contribution >= 0.6 is 11.6 Å². The van der Waals surface area contributed by atoms with Crippen molar-refractivity contribution >= 4 is 11.6 Å². The number of hydrogen-bond acceptors (Lipinski definition) is 2. The quantitative estimate of drug-likeness (QED) is 0.513. The van der Waals surface area contributed by atoms with Gasteiger partial charge in [-0.2, -0.15) is 0 Å². The summed E-state index contributed by atoms with van der Waals surface area (Å²) in [5.74, 6) is 0.817. The summed E-state index contributed by atoms with van der Waals surface area (Å²) in [5.41, 5.74) is 0. The summed E-state index contributed by atoms with van der Waals surface area (Å²) < 4.78 is 0. The molecule has 0 spiro atoms. The summed E-state index contributed by atoms with van der Waals surface area (Å²) in [5, 5.41) is 0. The molecule has 0 saturated carbocycles. The Labute approximate surface area is 99.6 Å². The highest BCUT2D eigenvalue weighted by Gasteiger charge is 2.19. The first kappa shape index (κ1) is 13.3. The minimum atomic E-state index is 0.817. The third-order valence-corrected chi connectivity index (χ3v) is 3.72. The largest absolute Gasteiger partial charge is 0.306 e. The lowest BCUT2D eigenvalue weighted by molar-refractivity contribution is 0.143. The minimum absolute atomic E-state index is 0.817. The molecule has 1 saturated heterocycles. The molecule has 0 aromatic heterocycles. The molecule has 0 N–H and O–H groups in total. The molecule has 0 radical (unpaired) electrons. The Bertz CT molecular complexity index is 156. The van der Waals surface area contributed by atoms with Gasteiger partial charge in [-0.1, -0.05) is 6.42 Å². The fourth-order valence-electron chi connectivity index (χ4n) is 2.25. The highest BCUT2D eigenvalue weighted by Crippen LogP contribution is 2.14. The fourth-order valence-corrected chi connectivity index (χ4v) is 2.44. The van der Waals surface area contributed by atoms with E-state index in [1.807, 2.05) is 0 Å². The standard InChI is InChI=1S/C12H25ClN2/c1-14-10-6-12(7-11-14)15(2)9-5-3-4-8-13/h12H,3-11H2,1-2H3. The molecule has 0 bridgehead atoms. The molecule has 1 aliphatic rings. The molecule has 0 aromatic rings. The third-order valence-electron chi connectivity index (χ3n) is 3.46. The Hall–Kier alpha value is 0.210. The second-order valence-corrected chi connectivity index (χ2v) is 5.14. The van der Waals surface area contributed by atoms with Crippen LogP contribution in [0.5, 0.6) is 0 Å². The molecule has 90 valence electrons. The normalized spacial score (nSPS) is 20.0. The van der Waals surface area contributed by atoms with Crippen LogP contribution in [-0.4, -0.2) is 55.5 Å². The first-order chi connectivity index (χ1) is 7.24. The van der Waals surface area contributed by atoms with Gasteiger partial charge >= 0.3 is 0 Å². The van der Waals surface area contributed by atoms with E-state index in [9.17, 15) is 0 Å². The Morgan fingerprint density at radius 3 is 2.47 bits per heavy atom. The number of rotatable bonds is 6. The van der Waals surface area contributed by atoms with Crippen molar-refractivity contribution < 1.29 is 0 Å². The smallest absolute Gasteiger partial charge is 0.0223 e. The summed E-state index contributed by atoms with van der Waals surface area (Å²) >= 11 is 5.66. The molecule has 1 rings (SSSR count). The maximum atomic E-state index is 5.66. The minimum Gasteiger partial charge on any atom is -0.306 e. The van der Waals surface area contributed by atoms with Gasteiger partial charge in [-0.25, -0.2) is 0 Å². The van der Waals surface area contributed by atoms with E-state index in [-0.39, 0.29) is 0 Å². The molecule has 0 unspecified atom stereocenters. The zero-order valence-corrected chi connectivity index (χ0v) is 11.0. The Kier molecular flexibility index (Phi) is 6.62. The van der Waals surface area contributed by atoms with Crippen molar-refractivity contribution in [2.24, 2.45) is 0 Å². The van der Waals surface area contributed by atoms with Crippen LogP contribution in [-0.2, 0) is 0 Å². The number of unbranched alkanes of at least 4 members (excludes halogenated alkanes) is 2. The first-order valence-electron chi connectivity index (χ1n) is 6.19. The van der Waals surface area contributed by atoms with Gasteiger partial charge in [0.2, 0.25) is 0 Å². The zero-order valence-electron chi connectivity index (χ0n) is 10.2. The molecular formula is C12H25ClN2. The molecule has 0 aromatic carbocycles. The van der Waals surface area contributed by atoms with Crippen molar-refractivity contribution in [3.05, 3.63) is 0 Å². The summed E-state index contributed by atoms with van der Waals surface area (Å²) in [7, 11) is 4.49. The average molecular weight is 233 g/mol. The van der Waals surface area contributed by atoms with Gasteiger partial charge in [-0.3, -0.25) is 0 Å². The number of halogens is 1. The molecular weight excluding hydrogens is 208 g/mol. The molecule has 1 fully saturated rings. The lowest BCUT2D eigenvalue weighted by atomic mass is 10.0. The van der Waals surface area contributed by atoms with E-state index in [0.29, 0.717) is 0 Å². The highest BCUT2D eigenvalue weighted by atomic mass is 35.5. The second-order valence-electron chi connectivity index (χ2n) is 4.76. The van der Waals surface area contributed by atoms with Gasteiger partial charge in [-0.05, 0) is 59.4 Å². The molecule has 2 nitrogen and oxygen atoms in total. The van der Waals surface area contributed by atoms with Crippen LogP contribution in [0, 0.1) is 0 Å². The highest BCUT2D eigenvalue weighted by molar-refractivity contribution is 6.17. The maximum absolute atomic E-state index is 5.66. The second kappa shape index (κ2) is 7.48. The summed E-state index contributed by atoms with van der Waals surface area (Å²) in [6, 6.07) is 0.817. The summed E-state index contributed by atoms with van der Waals surface area (Å²) in [6.45, 7) is 3.76. The van der Waals surface area contributed by atoms with Crippen molar-refractivity contribution in [1.29, 1.82) is 0 Å². The van der Waals surface area contributed by atoms with Crippen LogP contribution in [0.4, 0.5) is 0 Å². The zero-order chi connectivity index (χ0) is 11.1. The van der Waals surface area contributed by atoms with Gasteiger partial charge in [0.15, 0.2) is 0 Å². The van der Waals surface area contributed by atoms with E-state index in [4.69, 9.17) is 11.6 Å². The van der Waals surface area contributed by atoms with Gasteiger partial charge in [0, 0.05) is 11.9 Å². The maximum Gasteiger partial charge on any atom is 0.0223 e. The van der Waals surface area contributed by atoms with E-state index in [1.54, 1.807) is 0 Å². The lowest BCUT2D eigenvalue weighted by Gasteiger charge is -2.35. The van der Waals surface area contributed by atoms with Crippen LogP contribution in [0.15, 0.2) is 0 Å². The Morgan fingerprint density at radius 1 is 1.20 bits per heavy atom. The molecule has 15 heavy (non-hydrogen) atoms. The van der Waals surface area contributed by atoms with E-state index in [1.165, 1.54) is 51.7 Å². The van der Waals surface area contributed by atoms with Gasteiger partial charge in [0.25, 0.3) is 0 Å². The van der Waals surface area contributed by atoms with Gasteiger partial charge in [0.05, 0.1) is 0 Å². The molecule has 0 aliphatic carbocycles. The first-order valence-corrected chi connectivity index (χ1v) is 6.72. The van der Waals surface area contributed by atoms with Crippen molar-refractivity contribution in [3.63, 3.8) is 0 Å². The van der Waals surface area contributed by atoms with E-state index < -0.39 is 0 Å². The molecule has 1 heterocycles. The van der Waals surface area contributed by atoms with Crippen LogP contribution in [0.3, 0.4) is 0 Å². The number of piperidine rings is 1. The molecule has 0 atom stereocenters. The topological polar surface area (TPSA) is 6.48 Å². The van der Waals surface area contributed by atoms with E-state index in [0.717, 1.165) is 11.9 Å². The summed E-state index contributed by atoms with van der Waals surface area (Å²) in [6.07, 6.45) is 6.42. The third kappa shape index (κ3) is 5.19. The van der Waals surface area contributed by atoms with Gasteiger partial charge in [0.1, 0.15) is 0 Å². The number of likely N-dealkylation sites (tertiary alicyclic amines) is 1.